The number of rotatable bonds is 4. The van der Waals surface area contributed by atoms with Crippen molar-refractivity contribution in [3.05, 3.63) is 65.8 Å². The van der Waals surface area contributed by atoms with Gasteiger partial charge in [0.2, 0.25) is 0 Å². The smallest absolute Gasteiger partial charge is 0.0888 e. The Morgan fingerprint density at radius 3 is 2.26 bits per heavy atom. The molecule has 0 spiro atoms. The van der Waals surface area contributed by atoms with Crippen LogP contribution in [-0.4, -0.2) is 18.5 Å². The van der Waals surface area contributed by atoms with Crippen molar-refractivity contribution in [2.45, 2.75) is 46.5 Å². The lowest BCUT2D eigenvalue weighted by atomic mass is 9.72. The van der Waals surface area contributed by atoms with Crippen molar-refractivity contribution in [2.75, 3.05) is 7.05 Å². The van der Waals surface area contributed by atoms with Gasteiger partial charge in [-0.05, 0) is 47.1 Å². The van der Waals surface area contributed by atoms with E-state index < -0.39 is 0 Å². The molecule has 0 fully saturated rings. The van der Waals surface area contributed by atoms with Crippen molar-refractivity contribution in [1.29, 1.82) is 0 Å². The van der Waals surface area contributed by atoms with Gasteiger partial charge in [-0.25, -0.2) is 4.99 Å². The average Bonchev–Trinajstić information content (AvgIpc) is 2.59. The molecule has 2 heteroatoms. The Bertz CT molecular complexity index is 891. The van der Waals surface area contributed by atoms with Crippen molar-refractivity contribution in [1.82, 2.24) is 0 Å². The third-order valence-electron chi connectivity index (χ3n) is 4.62. The number of hydrogen-bond donors (Lipinski definition) is 0. The Balaban J connectivity index is 2.47. The third-order valence-corrected chi connectivity index (χ3v) is 4.62. The molecule has 0 atom stereocenters. The van der Waals surface area contributed by atoms with Crippen LogP contribution in [-0.2, 0) is 5.41 Å². The van der Waals surface area contributed by atoms with Gasteiger partial charge in [0.25, 0.3) is 0 Å². The molecular formula is C25H30N2. The number of terminal acetylenes is 1. The fourth-order valence-electron chi connectivity index (χ4n) is 3.71. The summed E-state index contributed by atoms with van der Waals surface area (Å²) in [4.78, 5) is 9.00. The van der Waals surface area contributed by atoms with Gasteiger partial charge in [0.05, 0.1) is 17.1 Å². The summed E-state index contributed by atoms with van der Waals surface area (Å²) < 4.78 is 0. The van der Waals surface area contributed by atoms with Crippen LogP contribution in [0.3, 0.4) is 0 Å². The maximum Gasteiger partial charge on any atom is 0.0888 e. The minimum Gasteiger partial charge on any atom is -0.286 e. The van der Waals surface area contributed by atoms with E-state index in [1.165, 1.54) is 5.56 Å². The first-order valence-corrected chi connectivity index (χ1v) is 9.28. The lowest BCUT2D eigenvalue weighted by molar-refractivity contribution is 0.284. The quantitative estimate of drug-likeness (QED) is 0.466. The molecule has 0 N–H and O–H groups in total. The highest BCUT2D eigenvalue weighted by Crippen LogP contribution is 2.37. The molecule has 0 amide bonds. The van der Waals surface area contributed by atoms with Crippen LogP contribution < -0.4 is 0 Å². The van der Waals surface area contributed by atoms with Gasteiger partial charge in [0.1, 0.15) is 0 Å². The first kappa shape index (κ1) is 20.6. The van der Waals surface area contributed by atoms with Gasteiger partial charge >= 0.3 is 0 Å². The number of hydrogen-bond acceptors (Lipinski definition) is 2. The maximum atomic E-state index is 5.75. The second-order valence-corrected chi connectivity index (χ2v) is 8.80. The van der Waals surface area contributed by atoms with Gasteiger partial charge in [-0.1, -0.05) is 65.3 Å². The van der Waals surface area contributed by atoms with E-state index in [-0.39, 0.29) is 10.8 Å². The fourth-order valence-corrected chi connectivity index (χ4v) is 3.71. The van der Waals surface area contributed by atoms with E-state index in [0.717, 1.165) is 29.0 Å². The predicted molar refractivity (Wildman–Crippen MR) is 120 cm³/mol. The zero-order chi connectivity index (χ0) is 20.2. The van der Waals surface area contributed by atoms with Crippen LogP contribution in [0, 0.1) is 17.8 Å². The summed E-state index contributed by atoms with van der Waals surface area (Å²) in [5, 5.41) is 0. The van der Waals surface area contributed by atoms with Crippen molar-refractivity contribution >= 4 is 17.1 Å². The second-order valence-electron chi connectivity index (χ2n) is 8.80. The third kappa shape index (κ3) is 5.17. The van der Waals surface area contributed by atoms with Gasteiger partial charge in [0.15, 0.2) is 0 Å². The van der Waals surface area contributed by atoms with E-state index in [0.29, 0.717) is 5.70 Å². The highest BCUT2D eigenvalue weighted by molar-refractivity contribution is 6.51. The fraction of sp³-hybridized carbons (Fsp3) is 0.360. The summed E-state index contributed by atoms with van der Waals surface area (Å²) >= 11 is 0. The Morgan fingerprint density at radius 2 is 1.70 bits per heavy atom. The van der Waals surface area contributed by atoms with Crippen LogP contribution in [0.2, 0.25) is 0 Å². The molecule has 1 aliphatic rings. The average molecular weight is 359 g/mol. The molecule has 2 rings (SSSR count). The number of aliphatic imine (C=N–C) groups is 2. The zero-order valence-electron chi connectivity index (χ0n) is 17.4. The van der Waals surface area contributed by atoms with Crippen LogP contribution in [0.25, 0.3) is 5.70 Å². The standard InChI is InChI=1S/C25H30N2/c1-9-19-14-15-20(25(6,7)17-24(3,4)5)16-21(19)18(2)27-23-13-11-10-12-22(23)26-8/h1,10-16H,2,17H2,3-8H3. The minimum absolute atomic E-state index is 0.0249. The molecule has 0 heterocycles. The van der Waals surface area contributed by atoms with E-state index in [2.05, 4.69) is 64.2 Å². The minimum atomic E-state index is 0.0249. The summed E-state index contributed by atoms with van der Waals surface area (Å²) in [5.41, 5.74) is 5.52. The predicted octanol–water partition coefficient (Wildman–Crippen LogP) is 5.99. The lowest BCUT2D eigenvalue weighted by Gasteiger charge is -2.33. The number of benzene rings is 1. The van der Waals surface area contributed by atoms with Crippen molar-refractivity contribution < 1.29 is 0 Å². The molecule has 0 aliphatic heterocycles. The topological polar surface area (TPSA) is 24.7 Å². The zero-order valence-corrected chi connectivity index (χ0v) is 17.4. The van der Waals surface area contributed by atoms with Crippen molar-refractivity contribution in [3.8, 4) is 12.3 Å². The molecule has 0 saturated carbocycles. The highest BCUT2D eigenvalue weighted by atomic mass is 14.8. The summed E-state index contributed by atoms with van der Waals surface area (Å²) in [6.07, 6.45) is 14.6. The summed E-state index contributed by atoms with van der Waals surface area (Å²) in [6, 6.07) is 6.29. The Hall–Kier alpha value is -2.66. The van der Waals surface area contributed by atoms with Crippen molar-refractivity contribution in [2.24, 2.45) is 15.4 Å². The van der Waals surface area contributed by atoms with Crippen LogP contribution in [0.5, 0.6) is 0 Å². The van der Waals surface area contributed by atoms with Gasteiger partial charge < -0.3 is 0 Å². The molecule has 0 unspecified atom stereocenters. The largest absolute Gasteiger partial charge is 0.286 e. The molecule has 1 aliphatic carbocycles. The molecule has 0 saturated heterocycles. The van der Waals surface area contributed by atoms with Crippen LogP contribution in [0.4, 0.5) is 0 Å². The Morgan fingerprint density at radius 1 is 1.07 bits per heavy atom. The van der Waals surface area contributed by atoms with Gasteiger partial charge in [-0.15, -0.1) is 6.42 Å². The van der Waals surface area contributed by atoms with Gasteiger partial charge in [-0.3, -0.25) is 4.99 Å². The summed E-state index contributed by atoms with van der Waals surface area (Å²) in [5.74, 6) is 2.77. The van der Waals surface area contributed by atoms with E-state index in [1.54, 1.807) is 7.05 Å². The normalized spacial score (nSPS) is 17.4. The van der Waals surface area contributed by atoms with Gasteiger partial charge in [0, 0.05) is 18.2 Å². The number of allylic oxidation sites excluding steroid dienone is 4. The Labute approximate surface area is 164 Å². The van der Waals surface area contributed by atoms with Gasteiger partial charge in [-0.2, -0.15) is 0 Å². The first-order chi connectivity index (χ1) is 12.6. The lowest BCUT2D eigenvalue weighted by Crippen LogP contribution is -2.25. The van der Waals surface area contributed by atoms with Crippen LogP contribution in [0.15, 0.2) is 59.1 Å². The molecule has 1 aromatic rings. The molecule has 27 heavy (non-hydrogen) atoms. The van der Waals surface area contributed by atoms with Crippen LogP contribution in [0.1, 0.15) is 57.7 Å². The maximum absolute atomic E-state index is 5.75. The molecule has 0 aromatic heterocycles. The van der Waals surface area contributed by atoms with Crippen LogP contribution >= 0.6 is 0 Å². The summed E-state index contributed by atoms with van der Waals surface area (Å²) in [6.45, 7) is 15.6. The van der Waals surface area contributed by atoms with E-state index in [9.17, 15) is 0 Å². The molecule has 1 aromatic carbocycles. The summed E-state index contributed by atoms with van der Waals surface area (Å²) in [7, 11) is 1.76. The molecule has 2 nitrogen and oxygen atoms in total. The molecule has 140 valence electrons. The molecular weight excluding hydrogens is 328 g/mol. The SMILES string of the molecule is C#Cc1ccc(C(C)(C)CC(C)(C)C)cc1C(=C)N=C1C=CC=CC1=NC. The second kappa shape index (κ2) is 7.92. The molecule has 0 radical (unpaired) electrons. The van der Waals surface area contributed by atoms with E-state index in [4.69, 9.17) is 11.4 Å². The Kier molecular flexibility index (Phi) is 6.06. The number of nitrogens with zero attached hydrogens (tertiary/aromatic N) is 2. The van der Waals surface area contributed by atoms with Crippen molar-refractivity contribution in [3.63, 3.8) is 0 Å². The monoisotopic (exact) mass is 358 g/mol. The van der Waals surface area contributed by atoms with E-state index in [1.807, 2.05) is 30.4 Å². The molecule has 0 bridgehead atoms. The highest BCUT2D eigenvalue weighted by Gasteiger charge is 2.28. The first-order valence-electron chi connectivity index (χ1n) is 9.28. The van der Waals surface area contributed by atoms with E-state index >= 15 is 0 Å².